The quantitative estimate of drug-likeness (QED) is 0.632. The molecule has 0 aromatic heterocycles. The fourth-order valence-corrected chi connectivity index (χ4v) is 1.59. The smallest absolute Gasteiger partial charge is 0.236 e. The van der Waals surface area contributed by atoms with Gasteiger partial charge in [0, 0.05) is 13.1 Å². The molecule has 0 heterocycles. The van der Waals surface area contributed by atoms with Crippen molar-refractivity contribution in [1.29, 1.82) is 0 Å². The van der Waals surface area contributed by atoms with Crippen molar-refractivity contribution in [3.05, 3.63) is 0 Å². The normalized spacial score (nSPS) is 15.4. The molecule has 2 unspecified atom stereocenters. The van der Waals surface area contributed by atoms with Crippen LogP contribution in [0.15, 0.2) is 0 Å². The van der Waals surface area contributed by atoms with Crippen molar-refractivity contribution in [3.63, 3.8) is 0 Å². The summed E-state index contributed by atoms with van der Waals surface area (Å²) in [5.41, 5.74) is 0.106. The summed E-state index contributed by atoms with van der Waals surface area (Å²) in [6, 6.07) is -0.254. The molecule has 0 fully saturated rings. The van der Waals surface area contributed by atoms with Crippen LogP contribution in [0.25, 0.3) is 0 Å². The van der Waals surface area contributed by atoms with E-state index in [1.807, 2.05) is 13.8 Å². The average Bonchev–Trinajstić information content (AvgIpc) is 2.20. The summed E-state index contributed by atoms with van der Waals surface area (Å²) in [4.78, 5) is 11.5. The molecule has 102 valence electrons. The van der Waals surface area contributed by atoms with E-state index in [2.05, 4.69) is 31.4 Å². The van der Waals surface area contributed by atoms with Crippen LogP contribution in [0, 0.1) is 5.41 Å². The van der Waals surface area contributed by atoms with Gasteiger partial charge in [0.15, 0.2) is 0 Å². The van der Waals surface area contributed by atoms with Crippen LogP contribution in [0.1, 0.15) is 47.5 Å². The van der Waals surface area contributed by atoms with Crippen LogP contribution in [-0.4, -0.2) is 36.2 Å². The molecular weight excluding hydrogens is 216 g/mol. The van der Waals surface area contributed by atoms with Crippen LogP contribution in [0.3, 0.4) is 0 Å². The number of amides is 1. The number of hydrogen-bond donors (Lipinski definition) is 3. The lowest BCUT2D eigenvalue weighted by molar-refractivity contribution is -0.122. The van der Waals surface area contributed by atoms with Crippen molar-refractivity contribution in [2.24, 2.45) is 5.41 Å². The molecule has 3 N–H and O–H groups in total. The zero-order chi connectivity index (χ0) is 13.5. The van der Waals surface area contributed by atoms with Gasteiger partial charge in [-0.05, 0) is 25.2 Å². The highest BCUT2D eigenvalue weighted by Gasteiger charge is 2.18. The second-order valence-corrected chi connectivity index (χ2v) is 5.84. The molecule has 0 bridgehead atoms. The number of aliphatic hydroxyl groups is 1. The Kier molecular flexibility index (Phi) is 7.39. The molecule has 2 atom stereocenters. The first-order chi connectivity index (χ1) is 7.76. The Morgan fingerprint density at radius 3 is 2.41 bits per heavy atom. The molecule has 0 rings (SSSR count). The van der Waals surface area contributed by atoms with Crippen molar-refractivity contribution in [2.75, 3.05) is 13.1 Å². The van der Waals surface area contributed by atoms with Gasteiger partial charge in [-0.3, -0.25) is 4.79 Å². The maximum absolute atomic E-state index is 11.5. The van der Waals surface area contributed by atoms with E-state index in [0.29, 0.717) is 13.1 Å². The van der Waals surface area contributed by atoms with Crippen molar-refractivity contribution < 1.29 is 9.90 Å². The Morgan fingerprint density at radius 1 is 1.35 bits per heavy atom. The number of hydrogen-bond acceptors (Lipinski definition) is 3. The van der Waals surface area contributed by atoms with Crippen molar-refractivity contribution in [3.8, 4) is 0 Å². The van der Waals surface area contributed by atoms with E-state index < -0.39 is 6.10 Å². The Bertz CT molecular complexity index is 224. The second kappa shape index (κ2) is 7.67. The molecule has 0 aromatic rings. The summed E-state index contributed by atoms with van der Waals surface area (Å²) in [6.45, 7) is 11.3. The number of rotatable bonds is 7. The Hall–Kier alpha value is -0.610. The Morgan fingerprint density at radius 2 is 1.94 bits per heavy atom. The van der Waals surface area contributed by atoms with Gasteiger partial charge in [0.25, 0.3) is 0 Å². The highest BCUT2D eigenvalue weighted by Crippen LogP contribution is 2.20. The third-order valence-electron chi connectivity index (χ3n) is 2.45. The lowest BCUT2D eigenvalue weighted by Crippen LogP contribution is -2.45. The van der Waals surface area contributed by atoms with Gasteiger partial charge in [-0.15, -0.1) is 0 Å². The van der Waals surface area contributed by atoms with Crippen LogP contribution in [0.2, 0.25) is 0 Å². The molecule has 0 saturated carbocycles. The molecular formula is C13H28N2O2. The largest absolute Gasteiger partial charge is 0.392 e. The van der Waals surface area contributed by atoms with Crippen molar-refractivity contribution >= 4 is 5.91 Å². The fourth-order valence-electron chi connectivity index (χ4n) is 1.59. The first-order valence-corrected chi connectivity index (χ1v) is 6.45. The van der Waals surface area contributed by atoms with Gasteiger partial charge in [-0.2, -0.15) is 0 Å². The van der Waals surface area contributed by atoms with Crippen LogP contribution < -0.4 is 10.6 Å². The lowest BCUT2D eigenvalue weighted by atomic mass is 9.89. The maximum atomic E-state index is 11.5. The van der Waals surface area contributed by atoms with E-state index in [-0.39, 0.29) is 17.4 Å². The van der Waals surface area contributed by atoms with Gasteiger partial charge in [0.05, 0.1) is 12.1 Å². The highest BCUT2D eigenvalue weighted by molar-refractivity contribution is 5.81. The van der Waals surface area contributed by atoms with E-state index in [4.69, 9.17) is 0 Å². The number of carbonyl (C=O) groups is 1. The molecule has 0 spiro atoms. The summed E-state index contributed by atoms with van der Waals surface area (Å²) in [7, 11) is 0. The summed E-state index contributed by atoms with van der Waals surface area (Å²) >= 11 is 0. The number of nitrogens with one attached hydrogen (secondary N) is 2. The minimum atomic E-state index is -0.406. The van der Waals surface area contributed by atoms with Gasteiger partial charge in [-0.1, -0.05) is 27.7 Å². The molecule has 0 aliphatic rings. The summed E-state index contributed by atoms with van der Waals surface area (Å²) in [5, 5.41) is 15.7. The maximum Gasteiger partial charge on any atom is 0.236 e. The molecule has 0 radical (unpaired) electrons. The van der Waals surface area contributed by atoms with Crippen LogP contribution >= 0.6 is 0 Å². The highest BCUT2D eigenvalue weighted by atomic mass is 16.3. The first-order valence-electron chi connectivity index (χ1n) is 6.45. The summed E-state index contributed by atoms with van der Waals surface area (Å²) < 4.78 is 0. The topological polar surface area (TPSA) is 61.4 Å². The number of aliphatic hydroxyl groups excluding tert-OH is 1. The van der Waals surface area contributed by atoms with Gasteiger partial charge < -0.3 is 15.7 Å². The Labute approximate surface area is 105 Å². The predicted octanol–water partition coefficient (Wildman–Crippen LogP) is 1.29. The third kappa shape index (κ3) is 9.12. The SMILES string of the molecule is CCCNC(=O)C(C)NCC(O)CC(C)(C)C. The lowest BCUT2D eigenvalue weighted by Gasteiger charge is -2.23. The first kappa shape index (κ1) is 16.4. The summed E-state index contributed by atoms with van der Waals surface area (Å²) in [6.07, 6.45) is 1.26. The van der Waals surface area contributed by atoms with Gasteiger partial charge in [0.1, 0.15) is 0 Å². The van der Waals surface area contributed by atoms with Crippen molar-refractivity contribution in [1.82, 2.24) is 10.6 Å². The van der Waals surface area contributed by atoms with Crippen LogP contribution in [0.5, 0.6) is 0 Å². The Balaban J connectivity index is 3.83. The molecule has 4 nitrogen and oxygen atoms in total. The minimum absolute atomic E-state index is 0.00481. The monoisotopic (exact) mass is 244 g/mol. The fraction of sp³-hybridized carbons (Fsp3) is 0.923. The molecule has 0 aliphatic heterocycles. The zero-order valence-corrected chi connectivity index (χ0v) is 11.8. The van der Waals surface area contributed by atoms with E-state index in [1.54, 1.807) is 0 Å². The van der Waals surface area contributed by atoms with Gasteiger partial charge >= 0.3 is 0 Å². The minimum Gasteiger partial charge on any atom is -0.392 e. The molecule has 0 saturated heterocycles. The van der Waals surface area contributed by atoms with E-state index >= 15 is 0 Å². The van der Waals surface area contributed by atoms with Gasteiger partial charge in [0.2, 0.25) is 5.91 Å². The van der Waals surface area contributed by atoms with Crippen molar-refractivity contribution in [2.45, 2.75) is 59.6 Å². The van der Waals surface area contributed by atoms with Crippen LogP contribution in [0.4, 0.5) is 0 Å². The average molecular weight is 244 g/mol. The standard InChI is InChI=1S/C13H28N2O2/c1-6-7-14-12(17)10(2)15-9-11(16)8-13(3,4)5/h10-11,15-16H,6-9H2,1-5H3,(H,14,17). The molecule has 0 aliphatic carbocycles. The molecule has 0 aromatic carbocycles. The summed E-state index contributed by atoms with van der Waals surface area (Å²) in [5.74, 6) is -0.00481. The van der Waals surface area contributed by atoms with E-state index in [1.165, 1.54) is 0 Å². The second-order valence-electron chi connectivity index (χ2n) is 5.84. The molecule has 17 heavy (non-hydrogen) atoms. The van der Waals surface area contributed by atoms with E-state index in [0.717, 1.165) is 12.8 Å². The predicted molar refractivity (Wildman–Crippen MR) is 70.8 cm³/mol. The molecule has 4 heteroatoms. The van der Waals surface area contributed by atoms with Gasteiger partial charge in [-0.25, -0.2) is 0 Å². The van der Waals surface area contributed by atoms with Crippen LogP contribution in [-0.2, 0) is 4.79 Å². The zero-order valence-electron chi connectivity index (χ0n) is 11.8. The third-order valence-corrected chi connectivity index (χ3v) is 2.45. The molecule has 1 amide bonds. The number of carbonyl (C=O) groups excluding carboxylic acids is 1. The van der Waals surface area contributed by atoms with E-state index in [9.17, 15) is 9.90 Å².